The molecule has 2 aromatic rings. The lowest BCUT2D eigenvalue weighted by molar-refractivity contribution is 1.09. The van der Waals surface area contributed by atoms with Crippen molar-refractivity contribution in [2.24, 2.45) is 0 Å². The minimum atomic E-state index is 0.567. The van der Waals surface area contributed by atoms with E-state index < -0.39 is 0 Å². The molecule has 0 bridgehead atoms. The van der Waals surface area contributed by atoms with E-state index in [0.717, 1.165) is 17.0 Å². The first-order valence-corrected chi connectivity index (χ1v) is 4.95. The molecular weight excluding hydrogens is 190 g/mol. The average molecular weight is 201 g/mol. The molecule has 15 heavy (non-hydrogen) atoms. The second kappa shape index (κ2) is 3.05. The summed E-state index contributed by atoms with van der Waals surface area (Å²) in [4.78, 5) is 12.7. The summed E-state index contributed by atoms with van der Waals surface area (Å²) in [5.74, 6) is 0.822. The zero-order chi connectivity index (χ0) is 10.3. The maximum absolute atomic E-state index is 4.27. The molecule has 0 amide bonds. The Morgan fingerprint density at radius 2 is 2.27 bits per heavy atom. The van der Waals surface area contributed by atoms with E-state index in [1.165, 1.54) is 12.8 Å². The number of hydrogen-bond donors (Lipinski definition) is 1. The van der Waals surface area contributed by atoms with Crippen LogP contribution in [0.25, 0.3) is 17.4 Å². The lowest BCUT2D eigenvalue weighted by Gasteiger charge is -2.02. The highest BCUT2D eigenvalue weighted by atomic mass is 15.1. The van der Waals surface area contributed by atoms with Crippen molar-refractivity contribution in [3.05, 3.63) is 19.2 Å². The molecule has 1 aliphatic rings. The highest BCUT2D eigenvalue weighted by molar-refractivity contribution is 5.84. The first-order valence-electron chi connectivity index (χ1n) is 4.95. The Bertz CT molecular complexity index is 512. The first-order chi connectivity index (χ1) is 7.38. The Morgan fingerprint density at radius 3 is 3.00 bits per heavy atom. The fourth-order valence-electron chi connectivity index (χ4n) is 1.51. The Balaban J connectivity index is 2.12. The van der Waals surface area contributed by atoms with Crippen LogP contribution in [0.5, 0.6) is 0 Å². The van der Waals surface area contributed by atoms with Crippen LogP contribution in [-0.2, 0) is 0 Å². The van der Waals surface area contributed by atoms with Crippen LogP contribution in [0.1, 0.15) is 12.8 Å². The van der Waals surface area contributed by atoms with Gasteiger partial charge in [-0.3, -0.25) is 4.57 Å². The van der Waals surface area contributed by atoms with Gasteiger partial charge in [-0.1, -0.05) is 6.58 Å². The van der Waals surface area contributed by atoms with Crippen molar-refractivity contribution in [3.8, 4) is 0 Å². The van der Waals surface area contributed by atoms with Crippen LogP contribution in [0, 0.1) is 0 Å². The van der Waals surface area contributed by atoms with Crippen molar-refractivity contribution in [1.29, 1.82) is 0 Å². The van der Waals surface area contributed by atoms with Crippen LogP contribution in [0.15, 0.2) is 19.2 Å². The van der Waals surface area contributed by atoms with Crippen LogP contribution in [0.4, 0.5) is 5.82 Å². The molecule has 5 nitrogen and oxygen atoms in total. The van der Waals surface area contributed by atoms with Crippen molar-refractivity contribution in [1.82, 2.24) is 19.5 Å². The molecule has 3 rings (SSSR count). The molecule has 0 radical (unpaired) electrons. The molecule has 1 saturated carbocycles. The third-order valence-corrected chi connectivity index (χ3v) is 2.47. The number of anilines is 1. The molecule has 0 spiro atoms. The smallest absolute Gasteiger partial charge is 0.169 e. The molecule has 2 heterocycles. The monoisotopic (exact) mass is 201 g/mol. The number of fused-ring (bicyclic) bond motifs is 1. The van der Waals surface area contributed by atoms with Crippen molar-refractivity contribution in [2.75, 3.05) is 5.32 Å². The molecule has 0 atom stereocenters. The van der Waals surface area contributed by atoms with E-state index in [9.17, 15) is 0 Å². The predicted molar refractivity (Wildman–Crippen MR) is 58.4 cm³/mol. The highest BCUT2D eigenvalue weighted by Crippen LogP contribution is 2.26. The number of nitrogens with zero attached hydrogens (tertiary/aromatic N) is 4. The maximum Gasteiger partial charge on any atom is 0.169 e. The van der Waals surface area contributed by atoms with Gasteiger partial charge in [0.15, 0.2) is 17.0 Å². The second-order valence-electron chi connectivity index (χ2n) is 3.65. The molecule has 1 aliphatic carbocycles. The molecule has 76 valence electrons. The summed E-state index contributed by atoms with van der Waals surface area (Å²) in [6.45, 7) is 3.70. The summed E-state index contributed by atoms with van der Waals surface area (Å²) in [7, 11) is 0. The summed E-state index contributed by atoms with van der Waals surface area (Å²) in [5.41, 5.74) is 1.60. The minimum absolute atomic E-state index is 0.567. The van der Waals surface area contributed by atoms with Crippen LogP contribution < -0.4 is 5.32 Å². The molecular formula is C10H11N5. The fourth-order valence-corrected chi connectivity index (χ4v) is 1.51. The van der Waals surface area contributed by atoms with Crippen molar-refractivity contribution in [3.63, 3.8) is 0 Å². The van der Waals surface area contributed by atoms with Gasteiger partial charge in [0.2, 0.25) is 0 Å². The van der Waals surface area contributed by atoms with Crippen LogP contribution in [0.3, 0.4) is 0 Å². The van der Waals surface area contributed by atoms with Gasteiger partial charge in [-0.2, -0.15) is 0 Å². The molecule has 0 unspecified atom stereocenters. The van der Waals surface area contributed by atoms with Gasteiger partial charge < -0.3 is 5.32 Å². The largest absolute Gasteiger partial charge is 0.365 e. The topological polar surface area (TPSA) is 55.6 Å². The van der Waals surface area contributed by atoms with Crippen molar-refractivity contribution >= 4 is 23.2 Å². The summed E-state index contributed by atoms with van der Waals surface area (Å²) < 4.78 is 1.79. The van der Waals surface area contributed by atoms with Crippen LogP contribution >= 0.6 is 0 Å². The number of rotatable bonds is 3. The molecule has 1 N–H and O–H groups in total. The Morgan fingerprint density at radius 1 is 1.40 bits per heavy atom. The summed E-state index contributed by atoms with van der Waals surface area (Å²) >= 11 is 0. The minimum Gasteiger partial charge on any atom is -0.365 e. The molecule has 0 saturated heterocycles. The van der Waals surface area contributed by atoms with Gasteiger partial charge in [-0.05, 0) is 12.8 Å². The summed E-state index contributed by atoms with van der Waals surface area (Å²) in [6, 6.07) is 0.567. The molecule has 1 fully saturated rings. The highest BCUT2D eigenvalue weighted by Gasteiger charge is 2.22. The second-order valence-corrected chi connectivity index (χ2v) is 3.65. The molecule has 0 aromatic carbocycles. The lowest BCUT2D eigenvalue weighted by atomic mass is 10.4. The van der Waals surface area contributed by atoms with Gasteiger partial charge in [-0.15, -0.1) is 0 Å². The third kappa shape index (κ3) is 1.36. The van der Waals surface area contributed by atoms with E-state index in [1.807, 2.05) is 0 Å². The normalized spacial score (nSPS) is 15.5. The number of imidazole rings is 1. The molecule has 5 heteroatoms. The van der Waals surface area contributed by atoms with Crippen molar-refractivity contribution < 1.29 is 0 Å². The van der Waals surface area contributed by atoms with Gasteiger partial charge >= 0.3 is 0 Å². The fraction of sp³-hybridized carbons (Fsp3) is 0.300. The van der Waals surface area contributed by atoms with Gasteiger partial charge in [0.1, 0.15) is 12.7 Å². The number of nitrogens with one attached hydrogen (secondary N) is 1. The van der Waals surface area contributed by atoms with E-state index in [-0.39, 0.29) is 0 Å². The first kappa shape index (κ1) is 8.40. The summed E-state index contributed by atoms with van der Waals surface area (Å²) in [6.07, 6.45) is 7.36. The average Bonchev–Trinajstić information content (AvgIpc) is 2.97. The molecule has 0 aliphatic heterocycles. The SMILES string of the molecule is C=Cn1cnc2c(NC3CC3)ncnc21. The van der Waals surface area contributed by atoms with Gasteiger partial charge in [0, 0.05) is 12.2 Å². The van der Waals surface area contributed by atoms with Crippen LogP contribution in [-0.4, -0.2) is 25.6 Å². The van der Waals surface area contributed by atoms with E-state index in [4.69, 9.17) is 0 Å². The van der Waals surface area contributed by atoms with Gasteiger partial charge in [0.25, 0.3) is 0 Å². The van der Waals surface area contributed by atoms with E-state index in [0.29, 0.717) is 6.04 Å². The number of hydrogen-bond acceptors (Lipinski definition) is 4. The summed E-state index contributed by atoms with van der Waals surface area (Å²) in [5, 5.41) is 3.34. The van der Waals surface area contributed by atoms with E-state index in [2.05, 4.69) is 26.8 Å². The van der Waals surface area contributed by atoms with Gasteiger partial charge in [0.05, 0.1) is 0 Å². The standard InChI is InChI=1S/C10H11N5/c1-2-15-6-13-8-9(14-7-3-4-7)11-5-12-10(8)15/h2,5-7H,1,3-4H2,(H,11,12,14). The quantitative estimate of drug-likeness (QED) is 0.817. The van der Waals surface area contributed by atoms with E-state index >= 15 is 0 Å². The molecule has 2 aromatic heterocycles. The Hall–Kier alpha value is -1.91. The zero-order valence-electron chi connectivity index (χ0n) is 8.22. The predicted octanol–water partition coefficient (Wildman–Crippen LogP) is 1.50. The lowest BCUT2D eigenvalue weighted by Crippen LogP contribution is -2.04. The van der Waals surface area contributed by atoms with Crippen molar-refractivity contribution in [2.45, 2.75) is 18.9 Å². The Kier molecular flexibility index (Phi) is 1.71. The van der Waals surface area contributed by atoms with Crippen LogP contribution in [0.2, 0.25) is 0 Å². The zero-order valence-corrected chi connectivity index (χ0v) is 8.22. The Labute approximate surface area is 86.9 Å². The van der Waals surface area contributed by atoms with E-state index in [1.54, 1.807) is 23.4 Å². The van der Waals surface area contributed by atoms with Gasteiger partial charge in [-0.25, -0.2) is 15.0 Å². The third-order valence-electron chi connectivity index (χ3n) is 2.47. The maximum atomic E-state index is 4.27. The number of aromatic nitrogens is 4.